The number of rotatable bonds is 5. The van der Waals surface area contributed by atoms with Gasteiger partial charge in [0.25, 0.3) is 5.91 Å². The Labute approximate surface area is 140 Å². The molecule has 6 nitrogen and oxygen atoms in total. The van der Waals surface area contributed by atoms with E-state index in [1.165, 1.54) is 22.7 Å². The van der Waals surface area contributed by atoms with Gasteiger partial charge in [0.15, 0.2) is 5.13 Å². The van der Waals surface area contributed by atoms with Crippen molar-refractivity contribution in [1.29, 1.82) is 0 Å². The summed E-state index contributed by atoms with van der Waals surface area (Å²) in [4.78, 5) is 32.1. The monoisotopic (exact) mass is 344 g/mol. The second-order valence-electron chi connectivity index (χ2n) is 4.50. The Balaban J connectivity index is 1.54. The Morgan fingerprint density at radius 2 is 2.04 bits per heavy atom. The first kappa shape index (κ1) is 15.3. The summed E-state index contributed by atoms with van der Waals surface area (Å²) in [7, 11) is 0. The number of hydrogen-bond acceptors (Lipinski definition) is 6. The number of thiophene rings is 1. The van der Waals surface area contributed by atoms with Crippen molar-refractivity contribution in [3.05, 3.63) is 52.2 Å². The highest BCUT2D eigenvalue weighted by Gasteiger charge is 2.11. The fraction of sp³-hybridized carbons (Fsp3) is 0.0667. The highest BCUT2D eigenvalue weighted by Crippen LogP contribution is 2.22. The predicted octanol–water partition coefficient (Wildman–Crippen LogP) is 2.64. The van der Waals surface area contributed by atoms with Crippen molar-refractivity contribution in [2.75, 3.05) is 11.9 Å². The second kappa shape index (κ2) is 7.12. The Morgan fingerprint density at radius 3 is 2.78 bits per heavy atom. The SMILES string of the molecule is O=C(CNC(=O)c1ccsc1)Nc1nc(-c2ccccn2)cs1. The zero-order chi connectivity index (χ0) is 16.1. The minimum atomic E-state index is -0.324. The number of thiazole rings is 1. The molecule has 0 bridgehead atoms. The van der Waals surface area contributed by atoms with Crippen LogP contribution in [0, 0.1) is 0 Å². The molecule has 0 atom stereocenters. The summed E-state index contributed by atoms with van der Waals surface area (Å²) in [5.41, 5.74) is 2.00. The molecule has 0 aromatic carbocycles. The molecule has 0 aliphatic heterocycles. The van der Waals surface area contributed by atoms with E-state index in [2.05, 4.69) is 20.6 Å². The van der Waals surface area contributed by atoms with Crippen molar-refractivity contribution in [2.45, 2.75) is 0 Å². The van der Waals surface area contributed by atoms with Crippen LogP contribution in [0.1, 0.15) is 10.4 Å². The molecular formula is C15H12N4O2S2. The molecule has 2 N–H and O–H groups in total. The van der Waals surface area contributed by atoms with Crippen molar-refractivity contribution < 1.29 is 9.59 Å². The zero-order valence-electron chi connectivity index (χ0n) is 11.9. The lowest BCUT2D eigenvalue weighted by Gasteiger charge is -2.03. The first-order valence-electron chi connectivity index (χ1n) is 6.69. The average Bonchev–Trinajstić information content (AvgIpc) is 3.25. The topological polar surface area (TPSA) is 84.0 Å². The van der Waals surface area contributed by atoms with E-state index in [-0.39, 0.29) is 18.4 Å². The van der Waals surface area contributed by atoms with E-state index in [0.29, 0.717) is 16.4 Å². The van der Waals surface area contributed by atoms with E-state index < -0.39 is 0 Å². The van der Waals surface area contributed by atoms with Gasteiger partial charge in [-0.05, 0) is 23.6 Å². The number of hydrogen-bond donors (Lipinski definition) is 2. The fourth-order valence-corrected chi connectivity index (χ4v) is 3.14. The fourth-order valence-electron chi connectivity index (χ4n) is 1.78. The molecule has 3 heterocycles. The van der Waals surface area contributed by atoms with Gasteiger partial charge >= 0.3 is 0 Å². The minimum Gasteiger partial charge on any atom is -0.343 e. The summed E-state index contributed by atoms with van der Waals surface area (Å²) in [6.45, 7) is -0.104. The molecule has 116 valence electrons. The summed E-state index contributed by atoms with van der Waals surface area (Å²) in [6.07, 6.45) is 1.69. The number of amides is 2. The van der Waals surface area contributed by atoms with Crippen LogP contribution in [0.25, 0.3) is 11.4 Å². The van der Waals surface area contributed by atoms with Crippen LogP contribution in [-0.2, 0) is 4.79 Å². The van der Waals surface area contributed by atoms with Crippen LogP contribution in [0.3, 0.4) is 0 Å². The summed E-state index contributed by atoms with van der Waals surface area (Å²) >= 11 is 2.74. The van der Waals surface area contributed by atoms with Gasteiger partial charge in [-0.3, -0.25) is 14.6 Å². The van der Waals surface area contributed by atoms with Gasteiger partial charge in [-0.2, -0.15) is 11.3 Å². The molecule has 0 fully saturated rings. The Morgan fingerprint density at radius 1 is 1.13 bits per heavy atom. The molecule has 3 aromatic rings. The lowest BCUT2D eigenvalue weighted by atomic mass is 10.3. The van der Waals surface area contributed by atoms with Crippen molar-refractivity contribution in [3.8, 4) is 11.4 Å². The predicted molar refractivity (Wildman–Crippen MR) is 90.6 cm³/mol. The van der Waals surface area contributed by atoms with Gasteiger partial charge in [0, 0.05) is 22.5 Å². The molecular weight excluding hydrogens is 332 g/mol. The third-order valence-electron chi connectivity index (χ3n) is 2.87. The minimum absolute atomic E-state index is 0.104. The number of carbonyl (C=O) groups excluding carboxylic acids is 2. The van der Waals surface area contributed by atoms with Gasteiger partial charge in [-0.15, -0.1) is 11.3 Å². The highest BCUT2D eigenvalue weighted by molar-refractivity contribution is 7.14. The van der Waals surface area contributed by atoms with E-state index >= 15 is 0 Å². The molecule has 0 saturated heterocycles. The van der Waals surface area contributed by atoms with Crippen LogP contribution in [0.5, 0.6) is 0 Å². The Kier molecular flexibility index (Phi) is 4.74. The molecule has 3 aromatic heterocycles. The molecule has 2 amide bonds. The van der Waals surface area contributed by atoms with Crippen LogP contribution in [0.15, 0.2) is 46.6 Å². The Bertz CT molecular complexity index is 800. The van der Waals surface area contributed by atoms with Crippen LogP contribution in [-0.4, -0.2) is 28.3 Å². The van der Waals surface area contributed by atoms with Crippen molar-refractivity contribution in [3.63, 3.8) is 0 Å². The molecule has 0 spiro atoms. The number of anilines is 1. The molecule has 0 aliphatic rings. The first-order valence-corrected chi connectivity index (χ1v) is 8.52. The quantitative estimate of drug-likeness (QED) is 0.745. The van der Waals surface area contributed by atoms with E-state index in [1.54, 1.807) is 17.6 Å². The molecule has 0 saturated carbocycles. The third-order valence-corrected chi connectivity index (χ3v) is 4.31. The van der Waals surface area contributed by atoms with Crippen LogP contribution < -0.4 is 10.6 Å². The van der Waals surface area contributed by atoms with E-state index in [4.69, 9.17) is 0 Å². The molecule has 0 aliphatic carbocycles. The van der Waals surface area contributed by atoms with Gasteiger partial charge in [-0.1, -0.05) is 6.07 Å². The number of carbonyl (C=O) groups is 2. The molecule has 0 radical (unpaired) electrons. The van der Waals surface area contributed by atoms with Gasteiger partial charge in [-0.25, -0.2) is 4.98 Å². The second-order valence-corrected chi connectivity index (χ2v) is 6.13. The molecule has 0 unspecified atom stereocenters. The first-order chi connectivity index (χ1) is 11.2. The summed E-state index contributed by atoms with van der Waals surface area (Å²) in [5, 5.41) is 11.1. The van der Waals surface area contributed by atoms with E-state index in [0.717, 1.165) is 5.69 Å². The summed E-state index contributed by atoms with van der Waals surface area (Å²) in [5.74, 6) is -0.592. The lowest BCUT2D eigenvalue weighted by molar-refractivity contribution is -0.115. The van der Waals surface area contributed by atoms with Crippen LogP contribution in [0.4, 0.5) is 5.13 Å². The van der Waals surface area contributed by atoms with Crippen molar-refractivity contribution in [2.24, 2.45) is 0 Å². The van der Waals surface area contributed by atoms with E-state index in [1.807, 2.05) is 29.0 Å². The molecule has 8 heteroatoms. The van der Waals surface area contributed by atoms with Gasteiger partial charge in [0.1, 0.15) is 5.69 Å². The average molecular weight is 344 g/mol. The standard InChI is InChI=1S/C15H12N4O2S2/c20-13(7-17-14(21)10-4-6-22-8-10)19-15-18-12(9-23-15)11-3-1-2-5-16-11/h1-6,8-9H,7H2,(H,17,21)(H,18,19,20). The summed E-state index contributed by atoms with van der Waals surface area (Å²) < 4.78 is 0. The largest absolute Gasteiger partial charge is 0.343 e. The smallest absolute Gasteiger partial charge is 0.252 e. The van der Waals surface area contributed by atoms with Crippen molar-refractivity contribution >= 4 is 39.6 Å². The number of nitrogens with zero attached hydrogens (tertiary/aromatic N) is 2. The van der Waals surface area contributed by atoms with Crippen LogP contribution >= 0.6 is 22.7 Å². The number of aromatic nitrogens is 2. The van der Waals surface area contributed by atoms with E-state index in [9.17, 15) is 9.59 Å². The zero-order valence-corrected chi connectivity index (χ0v) is 13.5. The summed E-state index contributed by atoms with van der Waals surface area (Å²) in [6, 6.07) is 7.26. The maximum Gasteiger partial charge on any atom is 0.252 e. The molecule has 23 heavy (non-hydrogen) atoms. The molecule has 3 rings (SSSR count). The Hall–Kier alpha value is -2.58. The lowest BCUT2D eigenvalue weighted by Crippen LogP contribution is -2.32. The van der Waals surface area contributed by atoms with Crippen LogP contribution in [0.2, 0.25) is 0 Å². The third kappa shape index (κ3) is 3.99. The maximum atomic E-state index is 11.9. The highest BCUT2D eigenvalue weighted by atomic mass is 32.1. The number of pyridine rings is 1. The number of nitrogens with one attached hydrogen (secondary N) is 2. The van der Waals surface area contributed by atoms with Gasteiger partial charge in [0.2, 0.25) is 5.91 Å². The normalized spacial score (nSPS) is 10.3. The van der Waals surface area contributed by atoms with Crippen molar-refractivity contribution in [1.82, 2.24) is 15.3 Å². The van der Waals surface area contributed by atoms with Gasteiger partial charge < -0.3 is 10.6 Å². The maximum absolute atomic E-state index is 11.9. The van der Waals surface area contributed by atoms with Gasteiger partial charge in [0.05, 0.1) is 12.2 Å².